The SMILES string of the molecule is COC(=O)c1ccc(Cn2nc(C)c3cnn(-c4ccc(F)cc4)c3c2=O)cc1. The second-order valence-electron chi connectivity index (χ2n) is 6.53. The smallest absolute Gasteiger partial charge is 0.337 e. The number of fused-ring (bicyclic) bond motifs is 1. The van der Waals surface area contributed by atoms with Crippen LogP contribution in [0, 0.1) is 12.7 Å². The van der Waals surface area contributed by atoms with Gasteiger partial charge in [0, 0.05) is 5.39 Å². The van der Waals surface area contributed by atoms with E-state index in [4.69, 9.17) is 4.74 Å². The average molecular weight is 392 g/mol. The number of rotatable bonds is 4. The normalized spacial score (nSPS) is 11.0. The van der Waals surface area contributed by atoms with Gasteiger partial charge in [-0.15, -0.1) is 0 Å². The number of carbonyl (C=O) groups is 1. The topological polar surface area (TPSA) is 79.0 Å². The summed E-state index contributed by atoms with van der Waals surface area (Å²) in [5.41, 5.74) is 2.52. The molecule has 0 aliphatic carbocycles. The number of methoxy groups -OCH3 is 1. The van der Waals surface area contributed by atoms with Crippen LogP contribution in [0.1, 0.15) is 21.6 Å². The number of nitrogens with zero attached hydrogens (tertiary/aromatic N) is 4. The quantitative estimate of drug-likeness (QED) is 0.499. The maximum Gasteiger partial charge on any atom is 0.337 e. The fourth-order valence-corrected chi connectivity index (χ4v) is 3.14. The fourth-order valence-electron chi connectivity index (χ4n) is 3.14. The van der Waals surface area contributed by atoms with Crippen LogP contribution < -0.4 is 5.56 Å². The van der Waals surface area contributed by atoms with Crippen molar-refractivity contribution >= 4 is 16.9 Å². The first kappa shape index (κ1) is 18.5. The van der Waals surface area contributed by atoms with E-state index in [9.17, 15) is 14.0 Å². The Balaban J connectivity index is 1.77. The number of hydrogen-bond donors (Lipinski definition) is 0. The zero-order valence-corrected chi connectivity index (χ0v) is 15.8. The summed E-state index contributed by atoms with van der Waals surface area (Å²) in [7, 11) is 1.32. The highest BCUT2D eigenvalue weighted by Crippen LogP contribution is 2.18. The molecule has 4 aromatic rings. The number of carbonyl (C=O) groups excluding carboxylic acids is 1. The lowest BCUT2D eigenvalue weighted by atomic mass is 10.1. The monoisotopic (exact) mass is 392 g/mol. The Morgan fingerprint density at radius 1 is 1.10 bits per heavy atom. The van der Waals surface area contributed by atoms with Gasteiger partial charge in [0.15, 0.2) is 0 Å². The molecule has 0 aliphatic rings. The molecule has 0 atom stereocenters. The largest absolute Gasteiger partial charge is 0.465 e. The molecule has 146 valence electrons. The minimum Gasteiger partial charge on any atom is -0.465 e. The molecule has 7 nitrogen and oxygen atoms in total. The van der Waals surface area contributed by atoms with E-state index in [1.807, 2.05) is 0 Å². The van der Waals surface area contributed by atoms with E-state index in [1.54, 1.807) is 49.5 Å². The molecule has 29 heavy (non-hydrogen) atoms. The van der Waals surface area contributed by atoms with E-state index in [1.165, 1.54) is 28.6 Å². The molecule has 0 aliphatic heterocycles. The molecule has 0 radical (unpaired) electrons. The van der Waals surface area contributed by atoms with E-state index in [-0.39, 0.29) is 17.9 Å². The maximum atomic E-state index is 13.3. The zero-order chi connectivity index (χ0) is 20.5. The van der Waals surface area contributed by atoms with Crippen LogP contribution in [0.15, 0.2) is 59.5 Å². The van der Waals surface area contributed by atoms with E-state index in [0.29, 0.717) is 27.8 Å². The Kier molecular flexibility index (Phi) is 4.67. The molecule has 8 heteroatoms. The molecule has 0 saturated heterocycles. The summed E-state index contributed by atoms with van der Waals surface area (Å²) in [5.74, 6) is -0.789. The Morgan fingerprint density at radius 3 is 2.45 bits per heavy atom. The second kappa shape index (κ2) is 7.31. The number of halogens is 1. The summed E-state index contributed by atoms with van der Waals surface area (Å²) in [5, 5.41) is 9.32. The molecule has 0 N–H and O–H groups in total. The number of esters is 1. The maximum absolute atomic E-state index is 13.3. The molecule has 2 aromatic carbocycles. The minimum absolute atomic E-state index is 0.228. The van der Waals surface area contributed by atoms with Gasteiger partial charge in [-0.1, -0.05) is 12.1 Å². The molecule has 2 aromatic heterocycles. The first-order valence-electron chi connectivity index (χ1n) is 8.86. The van der Waals surface area contributed by atoms with Gasteiger partial charge in [-0.3, -0.25) is 4.79 Å². The Hall–Kier alpha value is -3.81. The van der Waals surface area contributed by atoms with E-state index in [0.717, 1.165) is 5.56 Å². The summed E-state index contributed by atoms with van der Waals surface area (Å²) in [6, 6.07) is 12.5. The van der Waals surface area contributed by atoms with Gasteiger partial charge in [-0.05, 0) is 48.9 Å². The second-order valence-corrected chi connectivity index (χ2v) is 6.53. The standard InChI is InChI=1S/C21H17FN4O3/c1-13-18-11-23-26(17-9-7-16(22)8-10-17)19(18)20(27)25(24-13)12-14-3-5-15(6-4-14)21(28)29-2/h3-11H,12H2,1-2H3. The van der Waals surface area contributed by atoms with Crippen molar-refractivity contribution < 1.29 is 13.9 Å². The van der Waals surface area contributed by atoms with E-state index >= 15 is 0 Å². The number of aromatic nitrogens is 4. The molecular weight excluding hydrogens is 375 g/mol. The molecule has 0 spiro atoms. The summed E-state index contributed by atoms with van der Waals surface area (Å²) < 4.78 is 20.8. The minimum atomic E-state index is -0.424. The highest BCUT2D eigenvalue weighted by Gasteiger charge is 2.15. The molecule has 0 amide bonds. The lowest BCUT2D eigenvalue weighted by molar-refractivity contribution is 0.0600. The van der Waals surface area contributed by atoms with Gasteiger partial charge in [0.05, 0.1) is 36.8 Å². The fraction of sp³-hybridized carbons (Fsp3) is 0.143. The van der Waals surface area contributed by atoms with Crippen LogP contribution in [0.4, 0.5) is 4.39 Å². The lowest BCUT2D eigenvalue weighted by Crippen LogP contribution is -2.26. The highest BCUT2D eigenvalue weighted by molar-refractivity contribution is 5.89. The molecule has 4 rings (SSSR count). The van der Waals surface area contributed by atoms with Crippen molar-refractivity contribution in [3.63, 3.8) is 0 Å². The Morgan fingerprint density at radius 2 is 1.79 bits per heavy atom. The lowest BCUT2D eigenvalue weighted by Gasteiger charge is -2.09. The third kappa shape index (κ3) is 3.40. The van der Waals surface area contributed by atoms with Gasteiger partial charge in [-0.25, -0.2) is 18.5 Å². The number of ether oxygens (including phenoxy) is 1. The Labute approximate surface area is 165 Å². The van der Waals surface area contributed by atoms with E-state index < -0.39 is 5.97 Å². The van der Waals surface area contributed by atoms with Crippen LogP contribution in [0.2, 0.25) is 0 Å². The van der Waals surface area contributed by atoms with Crippen LogP contribution in [-0.2, 0) is 11.3 Å². The summed E-state index contributed by atoms with van der Waals surface area (Å²) in [6.07, 6.45) is 1.58. The molecular formula is C21H17FN4O3. The third-order valence-corrected chi connectivity index (χ3v) is 4.65. The van der Waals surface area contributed by atoms with Crippen LogP contribution >= 0.6 is 0 Å². The van der Waals surface area contributed by atoms with Crippen molar-refractivity contribution in [2.24, 2.45) is 0 Å². The van der Waals surface area contributed by atoms with Gasteiger partial charge in [-0.2, -0.15) is 10.2 Å². The average Bonchev–Trinajstić information content (AvgIpc) is 3.18. The highest BCUT2D eigenvalue weighted by atomic mass is 19.1. The van der Waals surface area contributed by atoms with E-state index in [2.05, 4.69) is 10.2 Å². The van der Waals surface area contributed by atoms with Crippen molar-refractivity contribution in [1.82, 2.24) is 19.6 Å². The number of aryl methyl sites for hydroxylation is 1. The summed E-state index contributed by atoms with van der Waals surface area (Å²) in [6.45, 7) is 2.03. The van der Waals surface area contributed by atoms with Crippen LogP contribution in [0.3, 0.4) is 0 Å². The van der Waals surface area contributed by atoms with Crippen molar-refractivity contribution in [3.8, 4) is 5.69 Å². The predicted octanol–water partition coefficient (Wildman–Crippen LogP) is 2.86. The number of benzene rings is 2. The molecule has 2 heterocycles. The number of hydrogen-bond acceptors (Lipinski definition) is 5. The summed E-state index contributed by atoms with van der Waals surface area (Å²) in [4.78, 5) is 24.7. The van der Waals surface area contributed by atoms with Crippen molar-refractivity contribution in [2.75, 3.05) is 7.11 Å². The summed E-state index contributed by atoms with van der Waals surface area (Å²) >= 11 is 0. The molecule has 0 saturated carbocycles. The van der Waals surface area contributed by atoms with Crippen molar-refractivity contribution in [2.45, 2.75) is 13.5 Å². The first-order chi connectivity index (χ1) is 14.0. The molecule has 0 bridgehead atoms. The van der Waals surface area contributed by atoms with Crippen molar-refractivity contribution in [3.05, 3.63) is 87.7 Å². The Bertz CT molecular complexity index is 1260. The van der Waals surface area contributed by atoms with Crippen LogP contribution in [0.5, 0.6) is 0 Å². The molecule has 0 fully saturated rings. The van der Waals surface area contributed by atoms with Gasteiger partial charge in [0.1, 0.15) is 11.3 Å². The molecule has 0 unspecified atom stereocenters. The van der Waals surface area contributed by atoms with Crippen LogP contribution in [-0.4, -0.2) is 32.6 Å². The third-order valence-electron chi connectivity index (χ3n) is 4.65. The first-order valence-corrected chi connectivity index (χ1v) is 8.86. The zero-order valence-electron chi connectivity index (χ0n) is 15.8. The van der Waals surface area contributed by atoms with Crippen LogP contribution in [0.25, 0.3) is 16.6 Å². The van der Waals surface area contributed by atoms with Gasteiger partial charge in [0.25, 0.3) is 5.56 Å². The predicted molar refractivity (Wildman–Crippen MR) is 105 cm³/mol. The van der Waals surface area contributed by atoms with Gasteiger partial charge >= 0.3 is 5.97 Å². The van der Waals surface area contributed by atoms with Crippen molar-refractivity contribution in [1.29, 1.82) is 0 Å². The van der Waals surface area contributed by atoms with Gasteiger partial charge < -0.3 is 4.74 Å². The van der Waals surface area contributed by atoms with Gasteiger partial charge in [0.2, 0.25) is 0 Å².